The Morgan fingerprint density at radius 1 is 1.11 bits per heavy atom. The van der Waals surface area contributed by atoms with E-state index in [4.69, 9.17) is 4.74 Å². The van der Waals surface area contributed by atoms with E-state index in [0.717, 1.165) is 24.3 Å². The van der Waals surface area contributed by atoms with E-state index in [1.54, 1.807) is 24.3 Å². The molecule has 5 nitrogen and oxygen atoms in total. The van der Waals surface area contributed by atoms with Crippen LogP contribution >= 0.6 is 0 Å². The number of benzene rings is 2. The van der Waals surface area contributed by atoms with Crippen molar-refractivity contribution in [2.45, 2.75) is 24.7 Å². The number of carbonyl (C=O) groups excluding carboxylic acids is 2. The Morgan fingerprint density at radius 3 is 2.52 bits per heavy atom. The number of rotatable bonds is 1. The number of alkyl halides is 3. The van der Waals surface area contributed by atoms with E-state index >= 15 is 0 Å². The smallest absolute Gasteiger partial charge is 0.416 e. The Bertz CT molecular complexity index is 896. The van der Waals surface area contributed by atoms with Crippen LogP contribution in [0.15, 0.2) is 48.5 Å². The molecule has 0 radical (unpaired) electrons. The van der Waals surface area contributed by atoms with E-state index in [2.05, 4.69) is 5.32 Å². The van der Waals surface area contributed by atoms with Crippen LogP contribution in [0.2, 0.25) is 0 Å². The quantitative estimate of drug-likeness (QED) is 0.831. The van der Waals surface area contributed by atoms with Crippen LogP contribution in [0, 0.1) is 0 Å². The van der Waals surface area contributed by atoms with Gasteiger partial charge in [0.15, 0.2) is 0 Å². The molecule has 0 aliphatic carbocycles. The number of anilines is 1. The molecule has 2 heterocycles. The first-order valence-corrected chi connectivity index (χ1v) is 8.38. The Balaban J connectivity index is 1.59. The van der Waals surface area contributed by atoms with Crippen molar-refractivity contribution < 1.29 is 27.5 Å². The van der Waals surface area contributed by atoms with Gasteiger partial charge in [-0.25, -0.2) is 0 Å². The highest BCUT2D eigenvalue weighted by atomic mass is 19.4. The fourth-order valence-corrected chi connectivity index (χ4v) is 3.39. The maximum atomic E-state index is 12.8. The van der Waals surface area contributed by atoms with Crippen molar-refractivity contribution in [1.29, 1.82) is 0 Å². The van der Waals surface area contributed by atoms with Crippen molar-refractivity contribution in [3.63, 3.8) is 0 Å². The molecule has 0 spiro atoms. The summed E-state index contributed by atoms with van der Waals surface area (Å²) in [5.74, 6) is -0.312. The molecule has 2 aromatic rings. The van der Waals surface area contributed by atoms with Gasteiger partial charge in [0.25, 0.3) is 5.91 Å². The predicted molar refractivity (Wildman–Crippen MR) is 90.4 cm³/mol. The number of halogens is 3. The molecule has 2 aromatic carbocycles. The van der Waals surface area contributed by atoms with Crippen LogP contribution in [0.5, 0.6) is 5.75 Å². The van der Waals surface area contributed by atoms with Crippen molar-refractivity contribution >= 4 is 17.5 Å². The van der Waals surface area contributed by atoms with E-state index in [0.29, 0.717) is 17.9 Å². The van der Waals surface area contributed by atoms with E-state index < -0.39 is 23.7 Å². The zero-order valence-corrected chi connectivity index (χ0v) is 14.0. The molecule has 27 heavy (non-hydrogen) atoms. The van der Waals surface area contributed by atoms with Crippen LogP contribution in [-0.2, 0) is 11.0 Å². The van der Waals surface area contributed by atoms with Gasteiger partial charge in [-0.1, -0.05) is 12.1 Å². The van der Waals surface area contributed by atoms with Crippen LogP contribution < -0.4 is 10.1 Å². The summed E-state index contributed by atoms with van der Waals surface area (Å²) in [5.41, 5.74) is -0.205. The van der Waals surface area contributed by atoms with Gasteiger partial charge in [-0.05, 0) is 36.4 Å². The third kappa shape index (κ3) is 3.22. The number of para-hydroxylation sites is 2. The van der Waals surface area contributed by atoms with Crippen molar-refractivity contribution in [2.75, 3.05) is 11.9 Å². The van der Waals surface area contributed by atoms with E-state index in [9.17, 15) is 22.8 Å². The van der Waals surface area contributed by atoms with Crippen LogP contribution in [-0.4, -0.2) is 35.4 Å². The molecule has 8 heteroatoms. The number of ether oxygens (including phenoxy) is 1. The molecule has 2 atom stereocenters. The summed E-state index contributed by atoms with van der Waals surface area (Å²) in [5, 5.41) is 2.75. The van der Waals surface area contributed by atoms with E-state index in [1.807, 2.05) is 0 Å². The van der Waals surface area contributed by atoms with Gasteiger partial charge in [-0.2, -0.15) is 13.2 Å². The number of carbonyl (C=O) groups is 2. The van der Waals surface area contributed by atoms with Gasteiger partial charge in [0.2, 0.25) is 5.91 Å². The Morgan fingerprint density at radius 2 is 1.81 bits per heavy atom. The second-order valence-corrected chi connectivity index (χ2v) is 6.51. The SMILES string of the molecule is O=C1Nc2ccccc2OC2CC1N(C(=O)c1ccc(C(F)(F)F)cc1)C2. The fourth-order valence-electron chi connectivity index (χ4n) is 3.39. The maximum Gasteiger partial charge on any atom is 0.416 e. The zero-order chi connectivity index (χ0) is 19.2. The van der Waals surface area contributed by atoms with Crippen molar-refractivity contribution in [3.8, 4) is 5.75 Å². The van der Waals surface area contributed by atoms with Crippen LogP contribution in [0.25, 0.3) is 0 Å². The predicted octanol–water partition coefficient (Wildman–Crippen LogP) is 3.32. The first-order chi connectivity index (χ1) is 12.8. The molecule has 1 saturated heterocycles. The Labute approximate surface area is 152 Å². The molecule has 140 valence electrons. The monoisotopic (exact) mass is 376 g/mol. The molecule has 2 aliphatic heterocycles. The van der Waals surface area contributed by atoms with Gasteiger partial charge < -0.3 is 15.0 Å². The van der Waals surface area contributed by atoms with Crippen molar-refractivity contribution in [1.82, 2.24) is 4.90 Å². The molecule has 2 aliphatic rings. The summed E-state index contributed by atoms with van der Waals surface area (Å²) in [4.78, 5) is 26.8. The lowest BCUT2D eigenvalue weighted by molar-refractivity contribution is -0.137. The number of hydrogen-bond donors (Lipinski definition) is 1. The number of likely N-dealkylation sites (tertiary alicyclic amines) is 1. The molecule has 1 fully saturated rings. The third-order valence-electron chi connectivity index (χ3n) is 4.72. The molecule has 2 amide bonds. The van der Waals surface area contributed by atoms with Gasteiger partial charge in [-0.15, -0.1) is 0 Å². The molecular weight excluding hydrogens is 361 g/mol. The van der Waals surface area contributed by atoms with E-state index in [-0.39, 0.29) is 24.1 Å². The van der Waals surface area contributed by atoms with Gasteiger partial charge in [0.05, 0.1) is 17.8 Å². The topological polar surface area (TPSA) is 58.6 Å². The minimum atomic E-state index is -4.47. The summed E-state index contributed by atoms with van der Waals surface area (Å²) >= 11 is 0. The Hall–Kier alpha value is -3.03. The van der Waals surface area contributed by atoms with Gasteiger partial charge in [0.1, 0.15) is 17.9 Å². The first-order valence-electron chi connectivity index (χ1n) is 8.38. The summed E-state index contributed by atoms with van der Waals surface area (Å²) < 4.78 is 44.0. The molecule has 0 saturated carbocycles. The normalized spacial score (nSPS) is 21.6. The second-order valence-electron chi connectivity index (χ2n) is 6.51. The van der Waals surface area contributed by atoms with Crippen molar-refractivity contribution in [2.24, 2.45) is 0 Å². The summed E-state index contributed by atoms with van der Waals surface area (Å²) in [6, 6.07) is 10.2. The van der Waals surface area contributed by atoms with Gasteiger partial charge >= 0.3 is 6.18 Å². The minimum absolute atomic E-state index is 0.0956. The Kier molecular flexibility index (Phi) is 4.05. The van der Waals surface area contributed by atoms with Gasteiger partial charge in [-0.3, -0.25) is 9.59 Å². The minimum Gasteiger partial charge on any atom is -0.486 e. The molecule has 2 bridgehead atoms. The fraction of sp³-hybridized carbons (Fsp3) is 0.263. The lowest BCUT2D eigenvalue weighted by Gasteiger charge is -2.24. The summed E-state index contributed by atoms with van der Waals surface area (Å²) in [6.07, 6.45) is -4.51. The lowest BCUT2D eigenvalue weighted by atomic mass is 10.1. The number of nitrogens with one attached hydrogen (secondary N) is 1. The number of fused-ring (bicyclic) bond motifs is 3. The number of hydrogen-bond acceptors (Lipinski definition) is 3. The molecule has 4 rings (SSSR count). The average molecular weight is 376 g/mol. The zero-order valence-electron chi connectivity index (χ0n) is 14.0. The van der Waals surface area contributed by atoms with Crippen LogP contribution in [0.4, 0.5) is 18.9 Å². The number of amides is 2. The summed E-state index contributed by atoms with van der Waals surface area (Å²) in [6.45, 7) is 0.187. The van der Waals surface area contributed by atoms with Crippen molar-refractivity contribution in [3.05, 3.63) is 59.7 Å². The molecule has 1 N–H and O–H groups in total. The first kappa shape index (κ1) is 17.4. The third-order valence-corrected chi connectivity index (χ3v) is 4.72. The molecule has 2 unspecified atom stereocenters. The standard InChI is InChI=1S/C19H15F3N2O3/c20-19(21,22)12-7-5-11(6-8-12)18(26)24-10-13-9-15(24)17(25)23-14-3-1-2-4-16(14)27-13/h1-8,13,15H,9-10H2,(H,23,25). The highest BCUT2D eigenvalue weighted by molar-refractivity contribution is 6.02. The highest BCUT2D eigenvalue weighted by Crippen LogP contribution is 2.34. The van der Waals surface area contributed by atoms with Crippen LogP contribution in [0.3, 0.4) is 0 Å². The van der Waals surface area contributed by atoms with Gasteiger partial charge in [0, 0.05) is 12.0 Å². The lowest BCUT2D eigenvalue weighted by Crippen LogP contribution is -2.43. The van der Waals surface area contributed by atoms with Crippen LogP contribution in [0.1, 0.15) is 22.3 Å². The average Bonchev–Trinajstić information content (AvgIpc) is 3.06. The molecular formula is C19H15F3N2O3. The summed E-state index contributed by atoms with van der Waals surface area (Å²) in [7, 11) is 0. The number of nitrogens with zero attached hydrogens (tertiary/aromatic N) is 1. The largest absolute Gasteiger partial charge is 0.486 e. The second kappa shape index (κ2) is 6.29. The highest BCUT2D eigenvalue weighted by Gasteiger charge is 2.42. The van der Waals surface area contributed by atoms with E-state index in [1.165, 1.54) is 4.90 Å². The maximum absolute atomic E-state index is 12.8. The molecule has 0 aromatic heterocycles.